The number of nitrogens with zero attached hydrogens (tertiary/aromatic N) is 1. The molecule has 0 bridgehead atoms. The molecule has 0 aliphatic heterocycles. The van der Waals surface area contributed by atoms with Gasteiger partial charge in [-0.15, -0.1) is 11.6 Å². The van der Waals surface area contributed by atoms with E-state index in [1.807, 2.05) is 0 Å². The first-order valence-corrected chi connectivity index (χ1v) is 5.25. The van der Waals surface area contributed by atoms with Crippen LogP contribution >= 0.6 is 11.6 Å². The molecule has 1 aromatic heterocycles. The average Bonchev–Trinajstić information content (AvgIpc) is 2.28. The summed E-state index contributed by atoms with van der Waals surface area (Å²) in [6.07, 6.45) is -2.90. The summed E-state index contributed by atoms with van der Waals surface area (Å²) in [4.78, 5) is 14.7. The van der Waals surface area contributed by atoms with Crippen molar-refractivity contribution >= 4 is 17.6 Å². The van der Waals surface area contributed by atoms with Crippen LogP contribution in [-0.2, 0) is 10.6 Å². The summed E-state index contributed by atoms with van der Waals surface area (Å²) < 4.78 is 42.9. The molecule has 0 fully saturated rings. The maximum Gasteiger partial charge on any atom is 0.360 e. The van der Waals surface area contributed by atoms with Crippen LogP contribution in [0.1, 0.15) is 35.1 Å². The molecule has 17 heavy (non-hydrogen) atoms. The number of rotatable bonds is 4. The van der Waals surface area contributed by atoms with Crippen LogP contribution in [0.4, 0.5) is 13.2 Å². The van der Waals surface area contributed by atoms with Gasteiger partial charge in [-0.3, -0.25) is 0 Å². The minimum atomic E-state index is -2.90. The highest BCUT2D eigenvalue weighted by molar-refractivity contribution is 6.17. The van der Waals surface area contributed by atoms with Crippen molar-refractivity contribution in [3.8, 4) is 0 Å². The average molecular weight is 268 g/mol. The first kappa shape index (κ1) is 13.8. The Morgan fingerprint density at radius 1 is 1.59 bits per heavy atom. The van der Waals surface area contributed by atoms with Crippen molar-refractivity contribution in [3.05, 3.63) is 28.8 Å². The third kappa shape index (κ3) is 3.09. The zero-order chi connectivity index (χ0) is 13.0. The van der Waals surface area contributed by atoms with Crippen LogP contribution < -0.4 is 0 Å². The van der Waals surface area contributed by atoms with E-state index < -0.39 is 29.5 Å². The highest BCUT2D eigenvalue weighted by Gasteiger charge is 2.22. The zero-order valence-corrected chi connectivity index (χ0v) is 9.60. The standard InChI is InChI=1S/C10H9ClF3NO2/c1-2-17-10(16)8-6(12)3-5(9(13)14)7(4-11)15-8/h3,9H,2,4H2,1H3. The van der Waals surface area contributed by atoms with Crippen LogP contribution in [0.5, 0.6) is 0 Å². The predicted molar refractivity (Wildman–Crippen MR) is 54.7 cm³/mol. The fourth-order valence-electron chi connectivity index (χ4n) is 1.18. The van der Waals surface area contributed by atoms with Gasteiger partial charge in [0.15, 0.2) is 11.5 Å². The van der Waals surface area contributed by atoms with Crippen LogP contribution in [0, 0.1) is 5.82 Å². The number of pyridine rings is 1. The summed E-state index contributed by atoms with van der Waals surface area (Å²) in [6.45, 7) is 1.57. The lowest BCUT2D eigenvalue weighted by Gasteiger charge is -2.08. The quantitative estimate of drug-likeness (QED) is 0.622. The molecule has 0 N–H and O–H groups in total. The second-order valence-corrected chi connectivity index (χ2v) is 3.28. The molecule has 1 aromatic rings. The van der Waals surface area contributed by atoms with E-state index in [2.05, 4.69) is 9.72 Å². The molecular formula is C10H9ClF3NO2. The number of carbonyl (C=O) groups is 1. The maximum atomic E-state index is 13.4. The van der Waals surface area contributed by atoms with Crippen molar-refractivity contribution in [1.29, 1.82) is 0 Å². The largest absolute Gasteiger partial charge is 0.461 e. The van der Waals surface area contributed by atoms with E-state index in [0.29, 0.717) is 6.07 Å². The summed E-state index contributed by atoms with van der Waals surface area (Å²) in [5.74, 6) is -2.49. The molecule has 0 spiro atoms. The number of hydrogen-bond donors (Lipinski definition) is 0. The molecule has 1 heterocycles. The minimum Gasteiger partial charge on any atom is -0.461 e. The molecule has 3 nitrogen and oxygen atoms in total. The SMILES string of the molecule is CCOC(=O)c1nc(CCl)c(C(F)F)cc1F. The molecule has 7 heteroatoms. The van der Waals surface area contributed by atoms with E-state index in [1.165, 1.54) is 6.92 Å². The summed E-state index contributed by atoms with van der Waals surface area (Å²) in [5.41, 5.74) is -1.48. The van der Waals surface area contributed by atoms with Crippen molar-refractivity contribution in [2.24, 2.45) is 0 Å². The Labute approximate surface area is 101 Å². The number of aromatic nitrogens is 1. The second kappa shape index (κ2) is 5.86. The predicted octanol–water partition coefficient (Wildman–Crippen LogP) is 3.07. The first-order valence-electron chi connectivity index (χ1n) is 4.71. The smallest absolute Gasteiger partial charge is 0.360 e. The van der Waals surface area contributed by atoms with Gasteiger partial charge in [-0.05, 0) is 13.0 Å². The monoisotopic (exact) mass is 267 g/mol. The Hall–Kier alpha value is -1.30. The maximum absolute atomic E-state index is 13.4. The Morgan fingerprint density at radius 3 is 2.71 bits per heavy atom. The fraction of sp³-hybridized carbons (Fsp3) is 0.400. The number of carbonyl (C=O) groups excluding carboxylic acids is 1. The van der Waals surface area contributed by atoms with Gasteiger partial charge in [0.2, 0.25) is 0 Å². The van der Waals surface area contributed by atoms with Crippen molar-refractivity contribution < 1.29 is 22.7 Å². The van der Waals surface area contributed by atoms with Crippen LogP contribution in [0.15, 0.2) is 6.07 Å². The minimum absolute atomic E-state index is 0.0345. The van der Waals surface area contributed by atoms with Crippen LogP contribution in [0.3, 0.4) is 0 Å². The molecule has 0 aliphatic carbocycles. The highest BCUT2D eigenvalue weighted by Crippen LogP contribution is 2.25. The summed E-state index contributed by atoms with van der Waals surface area (Å²) in [7, 11) is 0. The van der Waals surface area contributed by atoms with Gasteiger partial charge in [-0.25, -0.2) is 22.9 Å². The number of halogens is 4. The molecule has 94 valence electrons. The molecule has 0 aromatic carbocycles. The van der Waals surface area contributed by atoms with Crippen molar-refractivity contribution in [2.45, 2.75) is 19.2 Å². The van der Waals surface area contributed by atoms with Gasteiger partial charge in [0.1, 0.15) is 0 Å². The van der Waals surface area contributed by atoms with Crippen molar-refractivity contribution in [2.75, 3.05) is 6.61 Å². The lowest BCUT2D eigenvalue weighted by atomic mass is 10.2. The first-order chi connectivity index (χ1) is 8.01. The van der Waals surface area contributed by atoms with Crippen LogP contribution in [-0.4, -0.2) is 17.6 Å². The van der Waals surface area contributed by atoms with Crippen molar-refractivity contribution in [1.82, 2.24) is 4.98 Å². The molecule has 0 radical (unpaired) electrons. The zero-order valence-electron chi connectivity index (χ0n) is 8.84. The van der Waals surface area contributed by atoms with Crippen LogP contribution in [0.25, 0.3) is 0 Å². The molecule has 1 rings (SSSR count). The molecule has 0 aliphatic rings. The van der Waals surface area contributed by atoms with Gasteiger partial charge in [0.25, 0.3) is 6.43 Å². The third-order valence-corrected chi connectivity index (χ3v) is 2.17. The normalized spacial score (nSPS) is 10.7. The van der Waals surface area contributed by atoms with Gasteiger partial charge >= 0.3 is 5.97 Å². The van der Waals surface area contributed by atoms with E-state index in [1.54, 1.807) is 0 Å². The van der Waals surface area contributed by atoms with E-state index in [9.17, 15) is 18.0 Å². The van der Waals surface area contributed by atoms with E-state index in [0.717, 1.165) is 0 Å². The topological polar surface area (TPSA) is 39.2 Å². The summed E-state index contributed by atoms with van der Waals surface area (Å²) in [5, 5.41) is 0. The van der Waals surface area contributed by atoms with E-state index in [4.69, 9.17) is 11.6 Å². The van der Waals surface area contributed by atoms with Gasteiger partial charge in [0, 0.05) is 5.56 Å². The second-order valence-electron chi connectivity index (χ2n) is 3.01. The molecule has 0 amide bonds. The number of hydrogen-bond acceptors (Lipinski definition) is 3. The molecule has 0 saturated carbocycles. The van der Waals surface area contributed by atoms with Crippen LogP contribution in [0.2, 0.25) is 0 Å². The molecule has 0 unspecified atom stereocenters. The van der Waals surface area contributed by atoms with Gasteiger partial charge in [0.05, 0.1) is 18.2 Å². The lowest BCUT2D eigenvalue weighted by molar-refractivity contribution is 0.0512. The lowest BCUT2D eigenvalue weighted by Crippen LogP contribution is -2.13. The van der Waals surface area contributed by atoms with Gasteiger partial charge in [-0.2, -0.15) is 0 Å². The Morgan fingerprint density at radius 2 is 2.24 bits per heavy atom. The van der Waals surface area contributed by atoms with Gasteiger partial charge in [-0.1, -0.05) is 0 Å². The van der Waals surface area contributed by atoms with E-state index >= 15 is 0 Å². The number of esters is 1. The van der Waals surface area contributed by atoms with E-state index in [-0.39, 0.29) is 18.2 Å². The Kier molecular flexibility index (Phi) is 4.74. The number of alkyl halides is 3. The third-order valence-electron chi connectivity index (χ3n) is 1.92. The van der Waals surface area contributed by atoms with Gasteiger partial charge < -0.3 is 4.74 Å². The Bertz CT molecular complexity index is 426. The molecule has 0 saturated heterocycles. The summed E-state index contributed by atoms with van der Waals surface area (Å²) in [6, 6.07) is 0.557. The highest BCUT2D eigenvalue weighted by atomic mass is 35.5. The summed E-state index contributed by atoms with van der Waals surface area (Å²) >= 11 is 5.41. The molecular weight excluding hydrogens is 259 g/mol. The van der Waals surface area contributed by atoms with Crippen molar-refractivity contribution in [3.63, 3.8) is 0 Å². The molecule has 0 atom stereocenters. The fourth-order valence-corrected chi connectivity index (χ4v) is 1.39. The number of ether oxygens (including phenoxy) is 1. The Balaban J connectivity index is 3.22.